The summed E-state index contributed by atoms with van der Waals surface area (Å²) in [5.41, 5.74) is 7.68. The first-order chi connectivity index (χ1) is 16.6. The number of aromatic hydroxyl groups is 3. The Bertz CT molecular complexity index is 1320. The zero-order chi connectivity index (χ0) is 25.4. The Labute approximate surface area is 206 Å². The molecule has 0 spiro atoms. The smallest absolute Gasteiger partial charge is 0.172 e. The third-order valence-electron chi connectivity index (χ3n) is 6.25. The Balaban J connectivity index is 2.01. The van der Waals surface area contributed by atoms with Crippen LogP contribution in [0.25, 0.3) is 0 Å². The number of hydrogen-bond donors (Lipinski definition) is 3. The lowest BCUT2D eigenvalue weighted by atomic mass is 10.0. The van der Waals surface area contributed by atoms with Gasteiger partial charge in [-0.1, -0.05) is 24.3 Å². The van der Waals surface area contributed by atoms with Crippen LogP contribution in [0.5, 0.6) is 28.7 Å². The van der Waals surface area contributed by atoms with Gasteiger partial charge in [-0.3, -0.25) is 0 Å². The fourth-order valence-corrected chi connectivity index (χ4v) is 4.66. The fraction of sp³-hybridized carbons (Fsp3) is 0.200. The predicted octanol–water partition coefficient (Wildman–Crippen LogP) is 7.92. The van der Waals surface area contributed by atoms with Crippen molar-refractivity contribution in [1.29, 1.82) is 0 Å². The molecular weight excluding hydrogens is 438 g/mol. The van der Waals surface area contributed by atoms with E-state index in [9.17, 15) is 15.3 Å². The van der Waals surface area contributed by atoms with Gasteiger partial charge < -0.3 is 25.0 Å². The molecule has 3 N–H and O–H groups in total. The van der Waals surface area contributed by atoms with Crippen LogP contribution < -0.4 is 9.64 Å². The normalized spacial score (nSPS) is 10.9. The van der Waals surface area contributed by atoms with Crippen molar-refractivity contribution in [1.82, 2.24) is 0 Å². The van der Waals surface area contributed by atoms with Crippen molar-refractivity contribution in [3.63, 3.8) is 0 Å². The van der Waals surface area contributed by atoms with Crippen LogP contribution in [0.4, 0.5) is 17.1 Å². The van der Waals surface area contributed by atoms with E-state index in [4.69, 9.17) is 4.74 Å². The van der Waals surface area contributed by atoms with E-state index in [1.165, 1.54) is 0 Å². The molecule has 0 aliphatic carbocycles. The maximum atomic E-state index is 10.7. The van der Waals surface area contributed by atoms with Crippen molar-refractivity contribution in [2.24, 2.45) is 0 Å². The van der Waals surface area contributed by atoms with Crippen LogP contribution in [0.2, 0.25) is 0 Å². The molecular formula is C30H31NO4. The zero-order valence-electron chi connectivity index (χ0n) is 21.0. The standard InChI is InChI=1S/C30H31NO4/c1-17-11-12-18(2)30(29(17)34)35-26-10-8-7-9-25(26)31(27-19(3)13-23(32)14-20(27)4)28-21(5)15-24(33)16-22(28)6/h7-16,32-34H,1-6H3. The lowest BCUT2D eigenvalue weighted by molar-refractivity contribution is 0.407. The lowest BCUT2D eigenvalue weighted by Crippen LogP contribution is -2.16. The number of phenols is 3. The van der Waals surface area contributed by atoms with Gasteiger partial charge in [-0.2, -0.15) is 0 Å². The Morgan fingerprint density at radius 3 is 1.54 bits per heavy atom. The van der Waals surface area contributed by atoms with Crippen LogP contribution >= 0.6 is 0 Å². The molecule has 5 heteroatoms. The van der Waals surface area contributed by atoms with Gasteiger partial charge in [0.25, 0.3) is 0 Å². The molecule has 0 aliphatic rings. The Morgan fingerprint density at radius 2 is 1.03 bits per heavy atom. The van der Waals surface area contributed by atoms with Gasteiger partial charge in [-0.15, -0.1) is 0 Å². The minimum atomic E-state index is 0.111. The number of ether oxygens (including phenoxy) is 1. The predicted molar refractivity (Wildman–Crippen MR) is 141 cm³/mol. The number of nitrogens with zero attached hydrogens (tertiary/aromatic N) is 1. The van der Waals surface area contributed by atoms with E-state index in [1.807, 2.05) is 77.9 Å². The molecule has 0 unspecified atom stereocenters. The van der Waals surface area contributed by atoms with Gasteiger partial charge in [0.1, 0.15) is 11.5 Å². The average Bonchev–Trinajstić information content (AvgIpc) is 2.77. The molecule has 4 rings (SSSR count). The molecule has 0 saturated heterocycles. The number of anilines is 3. The van der Waals surface area contributed by atoms with E-state index in [2.05, 4.69) is 4.90 Å². The first-order valence-corrected chi connectivity index (χ1v) is 11.5. The molecule has 0 amide bonds. The molecule has 0 radical (unpaired) electrons. The van der Waals surface area contributed by atoms with Crippen molar-refractivity contribution in [2.45, 2.75) is 41.5 Å². The van der Waals surface area contributed by atoms with E-state index < -0.39 is 0 Å². The number of phenolic OH excluding ortho intramolecular Hbond substituents is 3. The van der Waals surface area contributed by atoms with Gasteiger partial charge in [0.15, 0.2) is 17.2 Å². The van der Waals surface area contributed by atoms with Crippen LogP contribution in [0.3, 0.4) is 0 Å². The average molecular weight is 470 g/mol. The first-order valence-electron chi connectivity index (χ1n) is 11.5. The highest BCUT2D eigenvalue weighted by molar-refractivity contribution is 5.86. The second-order valence-electron chi connectivity index (χ2n) is 9.14. The monoisotopic (exact) mass is 469 g/mol. The summed E-state index contributed by atoms with van der Waals surface area (Å²) < 4.78 is 6.39. The van der Waals surface area contributed by atoms with Crippen molar-refractivity contribution < 1.29 is 20.1 Å². The number of rotatable bonds is 5. The highest BCUT2D eigenvalue weighted by atomic mass is 16.5. The number of para-hydroxylation sites is 2. The summed E-state index contributed by atoms with van der Waals surface area (Å²) in [7, 11) is 0. The molecule has 0 aromatic heterocycles. The molecule has 0 heterocycles. The van der Waals surface area contributed by atoms with E-state index in [1.54, 1.807) is 24.3 Å². The molecule has 0 atom stereocenters. The van der Waals surface area contributed by atoms with E-state index in [-0.39, 0.29) is 17.2 Å². The van der Waals surface area contributed by atoms with Crippen molar-refractivity contribution >= 4 is 17.1 Å². The summed E-state index contributed by atoms with van der Waals surface area (Å²) in [6.45, 7) is 11.6. The van der Waals surface area contributed by atoms with E-state index in [0.717, 1.165) is 50.4 Å². The highest BCUT2D eigenvalue weighted by Crippen LogP contribution is 2.48. The molecule has 5 nitrogen and oxygen atoms in total. The fourth-order valence-electron chi connectivity index (χ4n) is 4.66. The quantitative estimate of drug-likeness (QED) is 0.277. The Morgan fingerprint density at radius 1 is 0.571 bits per heavy atom. The summed E-state index contributed by atoms with van der Waals surface area (Å²) in [5, 5.41) is 31.2. The molecule has 0 saturated carbocycles. The summed E-state index contributed by atoms with van der Waals surface area (Å²) >= 11 is 0. The minimum Gasteiger partial charge on any atom is -0.508 e. The molecule has 4 aromatic carbocycles. The van der Waals surface area contributed by atoms with Gasteiger partial charge in [0.2, 0.25) is 0 Å². The highest BCUT2D eigenvalue weighted by Gasteiger charge is 2.25. The lowest BCUT2D eigenvalue weighted by Gasteiger charge is -2.32. The van der Waals surface area contributed by atoms with Crippen molar-refractivity contribution in [2.75, 3.05) is 4.90 Å². The molecule has 0 aliphatic heterocycles. The molecule has 0 fully saturated rings. The molecule has 35 heavy (non-hydrogen) atoms. The van der Waals surface area contributed by atoms with E-state index >= 15 is 0 Å². The van der Waals surface area contributed by atoms with Crippen molar-refractivity contribution in [3.8, 4) is 28.7 Å². The summed E-state index contributed by atoms with van der Waals surface area (Å²) in [6, 6.07) is 18.4. The van der Waals surface area contributed by atoms with Crippen LogP contribution in [0.1, 0.15) is 33.4 Å². The van der Waals surface area contributed by atoms with Gasteiger partial charge in [-0.25, -0.2) is 0 Å². The summed E-state index contributed by atoms with van der Waals surface area (Å²) in [4.78, 5) is 2.10. The van der Waals surface area contributed by atoms with Gasteiger partial charge in [-0.05, 0) is 111 Å². The SMILES string of the molecule is Cc1ccc(C)c(Oc2ccccc2N(c2c(C)cc(O)cc2C)c2c(C)cc(O)cc2C)c1O. The van der Waals surface area contributed by atoms with E-state index in [0.29, 0.717) is 11.5 Å². The van der Waals surface area contributed by atoms with Crippen LogP contribution in [-0.2, 0) is 0 Å². The second kappa shape index (κ2) is 9.26. The first kappa shape index (κ1) is 24.0. The second-order valence-corrected chi connectivity index (χ2v) is 9.14. The Hall–Kier alpha value is -4.12. The third-order valence-corrected chi connectivity index (χ3v) is 6.25. The van der Waals surface area contributed by atoms with Crippen molar-refractivity contribution in [3.05, 3.63) is 94.0 Å². The Kier molecular flexibility index (Phi) is 6.35. The van der Waals surface area contributed by atoms with Gasteiger partial charge >= 0.3 is 0 Å². The summed E-state index contributed by atoms with van der Waals surface area (Å²) in [5.74, 6) is 1.49. The topological polar surface area (TPSA) is 73.2 Å². The molecule has 4 aromatic rings. The maximum absolute atomic E-state index is 10.7. The summed E-state index contributed by atoms with van der Waals surface area (Å²) in [6.07, 6.45) is 0. The molecule has 180 valence electrons. The largest absolute Gasteiger partial charge is 0.508 e. The third kappa shape index (κ3) is 4.50. The van der Waals surface area contributed by atoms with Gasteiger partial charge in [0.05, 0.1) is 17.1 Å². The van der Waals surface area contributed by atoms with Crippen LogP contribution in [0, 0.1) is 41.5 Å². The van der Waals surface area contributed by atoms with Crippen LogP contribution in [-0.4, -0.2) is 15.3 Å². The maximum Gasteiger partial charge on any atom is 0.172 e. The number of benzene rings is 4. The van der Waals surface area contributed by atoms with Gasteiger partial charge in [0, 0.05) is 0 Å². The minimum absolute atomic E-state index is 0.111. The number of aryl methyl sites for hydroxylation is 6. The number of hydrogen-bond acceptors (Lipinski definition) is 5. The zero-order valence-corrected chi connectivity index (χ0v) is 21.0. The van der Waals surface area contributed by atoms with Crippen LogP contribution in [0.15, 0.2) is 60.7 Å². The molecule has 0 bridgehead atoms.